The first-order chi connectivity index (χ1) is 9.99. The molecule has 106 valence electrons. The third-order valence-electron chi connectivity index (χ3n) is 2.46. The molecule has 21 heavy (non-hydrogen) atoms. The number of hydrogen-bond donors (Lipinski definition) is 1. The molecular formula is C14H10FN3O3. The molecule has 0 radical (unpaired) electrons. The number of carbonyl (C=O) groups excluding carboxylic acids is 1. The predicted octanol–water partition coefficient (Wildman–Crippen LogP) is 1.41. The van der Waals surface area contributed by atoms with Gasteiger partial charge in [0.15, 0.2) is 0 Å². The van der Waals surface area contributed by atoms with Crippen LogP contribution in [0.2, 0.25) is 0 Å². The summed E-state index contributed by atoms with van der Waals surface area (Å²) in [4.78, 5) is 23.3. The van der Waals surface area contributed by atoms with Crippen molar-refractivity contribution in [1.82, 2.24) is 4.90 Å². The van der Waals surface area contributed by atoms with Crippen LogP contribution in [0.5, 0.6) is 0 Å². The lowest BCUT2D eigenvalue weighted by molar-refractivity contribution is -0.131. The van der Waals surface area contributed by atoms with Gasteiger partial charge in [0.1, 0.15) is 18.9 Å². The molecule has 0 aliphatic rings. The van der Waals surface area contributed by atoms with Gasteiger partial charge in [-0.05, 0) is 18.2 Å². The van der Waals surface area contributed by atoms with Gasteiger partial charge >= 0.3 is 5.97 Å². The lowest BCUT2D eigenvalue weighted by atomic mass is 10.1. The third-order valence-corrected chi connectivity index (χ3v) is 2.46. The molecule has 0 aromatic heterocycles. The van der Waals surface area contributed by atoms with E-state index in [2.05, 4.69) is 0 Å². The minimum atomic E-state index is -1.22. The zero-order valence-electron chi connectivity index (χ0n) is 10.8. The van der Waals surface area contributed by atoms with Gasteiger partial charge in [-0.2, -0.15) is 10.5 Å². The van der Waals surface area contributed by atoms with Gasteiger partial charge in [0.2, 0.25) is 0 Å². The second-order valence-corrected chi connectivity index (χ2v) is 3.89. The fourth-order valence-corrected chi connectivity index (χ4v) is 1.51. The molecule has 1 amide bonds. The van der Waals surface area contributed by atoms with E-state index >= 15 is 0 Å². The minimum absolute atomic E-state index is 0.0149. The van der Waals surface area contributed by atoms with E-state index in [1.807, 2.05) is 0 Å². The van der Waals surface area contributed by atoms with Crippen LogP contribution in [-0.4, -0.2) is 35.0 Å². The van der Waals surface area contributed by atoms with Crippen LogP contribution in [0.3, 0.4) is 0 Å². The van der Waals surface area contributed by atoms with Crippen LogP contribution < -0.4 is 0 Å². The molecule has 1 N–H and O–H groups in total. The number of carboxylic acid groups (broad SMARTS) is 1. The van der Waals surface area contributed by atoms with Crippen LogP contribution in [0.25, 0.3) is 6.08 Å². The lowest BCUT2D eigenvalue weighted by Gasteiger charge is -2.15. The van der Waals surface area contributed by atoms with Crippen molar-refractivity contribution in [3.63, 3.8) is 0 Å². The molecular weight excluding hydrogens is 277 g/mol. The van der Waals surface area contributed by atoms with Crippen molar-refractivity contribution in [3.8, 4) is 12.1 Å². The van der Waals surface area contributed by atoms with E-state index in [1.54, 1.807) is 12.1 Å². The van der Waals surface area contributed by atoms with Gasteiger partial charge < -0.3 is 10.0 Å². The molecule has 1 aromatic carbocycles. The first kappa shape index (κ1) is 15.9. The summed E-state index contributed by atoms with van der Waals surface area (Å²) in [6.07, 6.45) is 1.84. The fraction of sp³-hybridized carbons (Fsp3) is 0.143. The minimum Gasteiger partial charge on any atom is -0.478 e. The van der Waals surface area contributed by atoms with Gasteiger partial charge in [-0.25, -0.2) is 9.18 Å². The number of benzene rings is 1. The third kappa shape index (κ3) is 4.44. The van der Waals surface area contributed by atoms with Crippen molar-refractivity contribution in [2.24, 2.45) is 0 Å². The van der Waals surface area contributed by atoms with Crippen molar-refractivity contribution in [1.29, 1.82) is 10.5 Å². The summed E-state index contributed by atoms with van der Waals surface area (Å²) in [5.41, 5.74) is -0.00783. The Balaban J connectivity index is 3.03. The molecule has 0 bridgehead atoms. The van der Waals surface area contributed by atoms with Gasteiger partial charge in [0.25, 0.3) is 5.91 Å². The molecule has 0 saturated carbocycles. The van der Waals surface area contributed by atoms with E-state index in [1.165, 1.54) is 12.1 Å². The van der Waals surface area contributed by atoms with Gasteiger partial charge in [-0.3, -0.25) is 4.79 Å². The van der Waals surface area contributed by atoms with Crippen molar-refractivity contribution in [2.75, 3.05) is 13.1 Å². The molecule has 0 aliphatic carbocycles. The maximum Gasteiger partial charge on any atom is 0.328 e. The van der Waals surface area contributed by atoms with Crippen LogP contribution in [0.4, 0.5) is 4.39 Å². The molecule has 0 atom stereocenters. The highest BCUT2D eigenvalue weighted by Crippen LogP contribution is 2.14. The van der Waals surface area contributed by atoms with Crippen LogP contribution in [0, 0.1) is 28.5 Å². The summed E-state index contributed by atoms with van der Waals surface area (Å²) < 4.78 is 13.8. The number of aliphatic carboxylic acids is 1. The topological polar surface area (TPSA) is 105 Å². The number of hydrogen-bond acceptors (Lipinski definition) is 4. The van der Waals surface area contributed by atoms with Crippen molar-refractivity contribution in [2.45, 2.75) is 0 Å². The second kappa shape index (κ2) is 7.41. The zero-order chi connectivity index (χ0) is 15.8. The monoisotopic (exact) mass is 287 g/mol. The summed E-state index contributed by atoms with van der Waals surface area (Å²) in [5.74, 6) is -2.64. The maximum absolute atomic E-state index is 13.8. The summed E-state index contributed by atoms with van der Waals surface area (Å²) >= 11 is 0. The average molecular weight is 287 g/mol. The Bertz CT molecular complexity index is 655. The molecule has 0 saturated heterocycles. The van der Waals surface area contributed by atoms with Crippen LogP contribution in [-0.2, 0) is 4.79 Å². The maximum atomic E-state index is 13.8. The Morgan fingerprint density at radius 2 is 1.90 bits per heavy atom. The smallest absolute Gasteiger partial charge is 0.328 e. The van der Waals surface area contributed by atoms with Gasteiger partial charge in [-0.1, -0.05) is 6.07 Å². The van der Waals surface area contributed by atoms with Gasteiger partial charge in [0, 0.05) is 17.2 Å². The van der Waals surface area contributed by atoms with Crippen LogP contribution in [0.15, 0.2) is 24.3 Å². The normalized spacial score (nSPS) is 9.86. The number of rotatable bonds is 5. The van der Waals surface area contributed by atoms with E-state index in [-0.39, 0.29) is 24.2 Å². The first-order valence-corrected chi connectivity index (χ1v) is 5.73. The molecule has 7 heteroatoms. The highest BCUT2D eigenvalue weighted by Gasteiger charge is 2.16. The van der Waals surface area contributed by atoms with Crippen molar-refractivity contribution >= 4 is 18.0 Å². The Hall–Kier alpha value is -3.19. The molecule has 1 aromatic rings. The Morgan fingerprint density at radius 1 is 1.29 bits per heavy atom. The zero-order valence-corrected chi connectivity index (χ0v) is 10.8. The van der Waals surface area contributed by atoms with E-state index in [0.29, 0.717) is 0 Å². The highest BCUT2D eigenvalue weighted by molar-refractivity contribution is 5.95. The number of halogens is 1. The standard InChI is InChI=1S/C14H10FN3O3/c15-12-9-11(2-1-10(12)3-4-13(19)20)14(21)18(7-5-16)8-6-17/h1-4,9H,7-8H2,(H,19,20). The number of amides is 1. The quantitative estimate of drug-likeness (QED) is 0.651. The lowest BCUT2D eigenvalue weighted by Crippen LogP contribution is -2.31. The number of nitriles is 2. The summed E-state index contributed by atoms with van der Waals surface area (Å²) in [5, 5.41) is 25.6. The molecule has 0 heterocycles. The summed E-state index contributed by atoms with van der Waals surface area (Å²) in [7, 11) is 0. The Kier molecular flexibility index (Phi) is 5.60. The highest BCUT2D eigenvalue weighted by atomic mass is 19.1. The van der Waals surface area contributed by atoms with Crippen molar-refractivity contribution < 1.29 is 19.1 Å². The molecule has 6 nitrogen and oxygen atoms in total. The van der Waals surface area contributed by atoms with E-state index < -0.39 is 17.7 Å². The second-order valence-electron chi connectivity index (χ2n) is 3.89. The molecule has 0 unspecified atom stereocenters. The van der Waals surface area contributed by atoms with E-state index in [0.717, 1.165) is 23.1 Å². The Morgan fingerprint density at radius 3 is 2.38 bits per heavy atom. The molecule has 0 aliphatic heterocycles. The number of carbonyl (C=O) groups is 2. The van der Waals surface area contributed by atoms with Crippen LogP contribution in [0.1, 0.15) is 15.9 Å². The van der Waals surface area contributed by atoms with Crippen LogP contribution >= 0.6 is 0 Å². The average Bonchev–Trinajstić information content (AvgIpc) is 2.44. The summed E-state index contributed by atoms with van der Waals surface area (Å²) in [6, 6.07) is 6.98. The largest absolute Gasteiger partial charge is 0.478 e. The first-order valence-electron chi connectivity index (χ1n) is 5.73. The number of nitrogens with zero attached hydrogens (tertiary/aromatic N) is 3. The Labute approximate surface area is 119 Å². The SMILES string of the molecule is N#CCN(CC#N)C(=O)c1ccc(C=CC(=O)O)c(F)c1. The number of carboxylic acids is 1. The predicted molar refractivity (Wildman–Crippen MR) is 70.2 cm³/mol. The van der Waals surface area contributed by atoms with Gasteiger partial charge in [0.05, 0.1) is 12.1 Å². The van der Waals surface area contributed by atoms with E-state index in [9.17, 15) is 14.0 Å². The van der Waals surface area contributed by atoms with Gasteiger partial charge in [-0.15, -0.1) is 0 Å². The van der Waals surface area contributed by atoms with E-state index in [4.69, 9.17) is 15.6 Å². The molecule has 0 spiro atoms. The molecule has 1 rings (SSSR count). The summed E-state index contributed by atoms with van der Waals surface area (Å²) in [6.45, 7) is -0.566. The van der Waals surface area contributed by atoms with Crippen molar-refractivity contribution in [3.05, 3.63) is 41.2 Å². The molecule has 0 fully saturated rings. The fourth-order valence-electron chi connectivity index (χ4n) is 1.51.